The normalized spacial score (nSPS) is 25.1. The quantitative estimate of drug-likeness (QED) is 0.757. The van der Waals surface area contributed by atoms with Gasteiger partial charge in [0.1, 0.15) is 12.1 Å². The van der Waals surface area contributed by atoms with Crippen LogP contribution in [0.2, 0.25) is 0 Å². The number of hydrogen-bond donors (Lipinski definition) is 0. The number of thiophene rings is 1. The Morgan fingerprint density at radius 1 is 1.62 bits per heavy atom. The molecule has 4 heteroatoms. The number of carbonyl (C=O) groups is 1. The number of aryl methyl sites for hydroxylation is 1. The van der Waals surface area contributed by atoms with Crippen LogP contribution in [-0.2, 0) is 16.1 Å². The molecular formula is C12H17NO2S. The van der Waals surface area contributed by atoms with Crippen molar-refractivity contribution in [3.63, 3.8) is 0 Å². The lowest BCUT2D eigenvalue weighted by Crippen LogP contribution is -2.34. The van der Waals surface area contributed by atoms with Crippen molar-refractivity contribution >= 4 is 17.3 Å². The number of cyclic esters (lactones) is 1. The van der Waals surface area contributed by atoms with E-state index in [1.807, 2.05) is 14.0 Å². The van der Waals surface area contributed by atoms with Gasteiger partial charge in [-0.2, -0.15) is 0 Å². The molecule has 2 rings (SSSR count). The van der Waals surface area contributed by atoms with E-state index in [0.717, 1.165) is 13.0 Å². The topological polar surface area (TPSA) is 29.5 Å². The van der Waals surface area contributed by atoms with Crippen LogP contribution < -0.4 is 0 Å². The third-order valence-electron chi connectivity index (χ3n) is 3.04. The maximum absolute atomic E-state index is 11.6. The third-order valence-corrected chi connectivity index (χ3v) is 4.05. The van der Waals surface area contributed by atoms with Gasteiger partial charge < -0.3 is 4.74 Å². The van der Waals surface area contributed by atoms with E-state index in [1.165, 1.54) is 10.4 Å². The van der Waals surface area contributed by atoms with Gasteiger partial charge in [0.05, 0.1) is 0 Å². The molecule has 88 valence electrons. The molecule has 0 spiro atoms. The predicted octanol–water partition coefficient (Wildman–Crippen LogP) is 2.19. The molecule has 0 amide bonds. The van der Waals surface area contributed by atoms with E-state index in [0.29, 0.717) is 0 Å². The van der Waals surface area contributed by atoms with Gasteiger partial charge in [0.25, 0.3) is 0 Å². The van der Waals surface area contributed by atoms with Crippen molar-refractivity contribution in [1.82, 2.24) is 4.90 Å². The Balaban J connectivity index is 2.01. The molecule has 0 bridgehead atoms. The van der Waals surface area contributed by atoms with Gasteiger partial charge in [-0.3, -0.25) is 9.69 Å². The molecule has 3 nitrogen and oxygen atoms in total. The Kier molecular flexibility index (Phi) is 3.30. The molecule has 16 heavy (non-hydrogen) atoms. The fraction of sp³-hybridized carbons (Fsp3) is 0.583. The lowest BCUT2D eigenvalue weighted by atomic mass is 10.1. The van der Waals surface area contributed by atoms with Crippen LogP contribution in [0.15, 0.2) is 11.4 Å². The molecule has 0 aromatic carbocycles. The average Bonchev–Trinajstić information content (AvgIpc) is 2.74. The van der Waals surface area contributed by atoms with Crippen LogP contribution in [0.3, 0.4) is 0 Å². The van der Waals surface area contributed by atoms with E-state index in [1.54, 1.807) is 11.3 Å². The summed E-state index contributed by atoms with van der Waals surface area (Å²) in [5.74, 6) is -0.0794. The van der Waals surface area contributed by atoms with E-state index >= 15 is 0 Å². The summed E-state index contributed by atoms with van der Waals surface area (Å²) in [5.41, 5.74) is 1.30. The lowest BCUT2D eigenvalue weighted by molar-refractivity contribution is -0.144. The second kappa shape index (κ2) is 4.55. The van der Waals surface area contributed by atoms with Crippen LogP contribution in [0.4, 0.5) is 0 Å². The zero-order valence-electron chi connectivity index (χ0n) is 9.90. The second-order valence-electron chi connectivity index (χ2n) is 4.44. The van der Waals surface area contributed by atoms with Gasteiger partial charge in [-0.1, -0.05) is 0 Å². The average molecular weight is 239 g/mol. The summed E-state index contributed by atoms with van der Waals surface area (Å²) in [7, 11) is 1.99. The smallest absolute Gasteiger partial charge is 0.323 e. The summed E-state index contributed by atoms with van der Waals surface area (Å²) in [6, 6.07) is 2.04. The molecule has 1 saturated heterocycles. The molecule has 1 aromatic heterocycles. The molecule has 0 radical (unpaired) electrons. The minimum Gasteiger partial charge on any atom is -0.461 e. The van der Waals surface area contributed by atoms with Gasteiger partial charge in [-0.25, -0.2) is 0 Å². The minimum absolute atomic E-state index is 0.0596. The highest BCUT2D eigenvalue weighted by atomic mass is 32.1. The van der Waals surface area contributed by atoms with Crippen molar-refractivity contribution in [1.29, 1.82) is 0 Å². The minimum atomic E-state index is -0.0794. The Morgan fingerprint density at radius 2 is 2.38 bits per heavy atom. The molecule has 1 aromatic rings. The SMILES string of the molecule is Cc1ccsc1CN(C)C1CC(C)OC1=O. The van der Waals surface area contributed by atoms with Gasteiger partial charge >= 0.3 is 5.97 Å². The van der Waals surface area contributed by atoms with Crippen molar-refractivity contribution in [2.45, 2.75) is 39.0 Å². The summed E-state index contributed by atoms with van der Waals surface area (Å²) < 4.78 is 5.17. The number of ether oxygens (including phenoxy) is 1. The van der Waals surface area contributed by atoms with Gasteiger partial charge in [0, 0.05) is 17.8 Å². The molecule has 0 saturated carbocycles. The number of hydrogen-bond acceptors (Lipinski definition) is 4. The first-order valence-electron chi connectivity index (χ1n) is 5.51. The summed E-state index contributed by atoms with van der Waals surface area (Å²) in [5, 5.41) is 2.09. The van der Waals surface area contributed by atoms with Crippen LogP contribution >= 0.6 is 11.3 Å². The van der Waals surface area contributed by atoms with Gasteiger partial charge in [-0.15, -0.1) is 11.3 Å². The molecule has 1 aliphatic rings. The summed E-state index contributed by atoms with van der Waals surface area (Å²) in [6.07, 6.45) is 0.865. The summed E-state index contributed by atoms with van der Waals surface area (Å²) >= 11 is 1.74. The van der Waals surface area contributed by atoms with Crippen molar-refractivity contribution in [3.8, 4) is 0 Å². The Bertz CT molecular complexity index is 388. The number of nitrogens with zero attached hydrogens (tertiary/aromatic N) is 1. The van der Waals surface area contributed by atoms with Gasteiger partial charge in [-0.05, 0) is 37.9 Å². The number of esters is 1. The lowest BCUT2D eigenvalue weighted by Gasteiger charge is -2.20. The zero-order valence-corrected chi connectivity index (χ0v) is 10.7. The van der Waals surface area contributed by atoms with E-state index < -0.39 is 0 Å². The molecule has 1 fully saturated rings. The molecule has 1 aliphatic heterocycles. The molecule has 0 aliphatic carbocycles. The summed E-state index contributed by atoms with van der Waals surface area (Å²) in [4.78, 5) is 15.0. The first kappa shape index (κ1) is 11.6. The predicted molar refractivity (Wildman–Crippen MR) is 64.5 cm³/mol. The largest absolute Gasteiger partial charge is 0.461 e. The number of likely N-dealkylation sites (N-methyl/N-ethyl adjacent to an activating group) is 1. The highest BCUT2D eigenvalue weighted by molar-refractivity contribution is 7.10. The van der Waals surface area contributed by atoms with Crippen molar-refractivity contribution < 1.29 is 9.53 Å². The van der Waals surface area contributed by atoms with Crippen molar-refractivity contribution in [3.05, 3.63) is 21.9 Å². The molecule has 2 atom stereocenters. The maximum Gasteiger partial charge on any atom is 0.323 e. The number of carbonyl (C=O) groups excluding carboxylic acids is 1. The van der Waals surface area contributed by atoms with E-state index in [9.17, 15) is 4.79 Å². The van der Waals surface area contributed by atoms with E-state index in [2.05, 4.69) is 23.3 Å². The van der Waals surface area contributed by atoms with Crippen LogP contribution in [0, 0.1) is 6.92 Å². The van der Waals surface area contributed by atoms with Gasteiger partial charge in [0.15, 0.2) is 0 Å². The standard InChI is InChI=1S/C12H17NO2S/c1-8-4-5-16-11(8)7-13(3)10-6-9(2)15-12(10)14/h4-5,9-10H,6-7H2,1-3H3. The highest BCUT2D eigenvalue weighted by Crippen LogP contribution is 2.23. The third kappa shape index (κ3) is 2.28. The molecule has 2 unspecified atom stereocenters. The van der Waals surface area contributed by atoms with Crippen LogP contribution in [0.25, 0.3) is 0 Å². The van der Waals surface area contributed by atoms with E-state index in [4.69, 9.17) is 4.74 Å². The highest BCUT2D eigenvalue weighted by Gasteiger charge is 2.34. The molecular weight excluding hydrogens is 222 g/mol. The zero-order chi connectivity index (χ0) is 11.7. The van der Waals surface area contributed by atoms with Gasteiger partial charge in [0.2, 0.25) is 0 Å². The maximum atomic E-state index is 11.6. The van der Waals surface area contributed by atoms with E-state index in [-0.39, 0.29) is 18.1 Å². The molecule has 0 N–H and O–H groups in total. The number of rotatable bonds is 3. The van der Waals surface area contributed by atoms with Crippen LogP contribution in [-0.4, -0.2) is 30.1 Å². The Morgan fingerprint density at radius 3 is 2.88 bits per heavy atom. The first-order chi connectivity index (χ1) is 7.58. The first-order valence-corrected chi connectivity index (χ1v) is 6.39. The monoisotopic (exact) mass is 239 g/mol. The summed E-state index contributed by atoms with van der Waals surface area (Å²) in [6.45, 7) is 4.88. The van der Waals surface area contributed by atoms with Crippen molar-refractivity contribution in [2.24, 2.45) is 0 Å². The molecule has 2 heterocycles. The van der Waals surface area contributed by atoms with Crippen molar-refractivity contribution in [2.75, 3.05) is 7.05 Å². The van der Waals surface area contributed by atoms with Crippen LogP contribution in [0.1, 0.15) is 23.8 Å². The van der Waals surface area contributed by atoms with Crippen LogP contribution in [0.5, 0.6) is 0 Å². The second-order valence-corrected chi connectivity index (χ2v) is 5.44. The fourth-order valence-electron chi connectivity index (χ4n) is 2.00. The Hall–Kier alpha value is -0.870. The Labute approximate surface area is 100 Å². The fourth-order valence-corrected chi connectivity index (χ4v) is 2.97.